The summed E-state index contributed by atoms with van der Waals surface area (Å²) in [4.78, 5) is 40.9. The first-order valence-corrected chi connectivity index (χ1v) is 32.5. The molecule has 13 nitrogen and oxygen atoms in total. The molecule has 0 radical (unpaired) electrons. The van der Waals surface area contributed by atoms with E-state index in [0.29, 0.717) is 19.3 Å². The van der Waals surface area contributed by atoms with Crippen LogP contribution in [0.4, 0.5) is 0 Å². The largest absolute Gasteiger partial charge is 0.462 e. The molecule has 1 fully saturated rings. The third-order valence-corrected chi connectivity index (χ3v) is 19.6. The van der Waals surface area contributed by atoms with Gasteiger partial charge in [-0.1, -0.05) is 204 Å². The van der Waals surface area contributed by atoms with Gasteiger partial charge < -0.3 is 29.1 Å². The summed E-state index contributed by atoms with van der Waals surface area (Å²) in [6.07, 6.45) is 19.0. The van der Waals surface area contributed by atoms with Crippen LogP contribution in [0, 0.1) is 0 Å². The van der Waals surface area contributed by atoms with Gasteiger partial charge in [-0.2, -0.15) is 8.42 Å². The van der Waals surface area contributed by atoms with Gasteiger partial charge in [-0.05, 0) is 80.6 Å². The molecule has 15 heteroatoms. The van der Waals surface area contributed by atoms with Crippen molar-refractivity contribution in [2.24, 2.45) is 0 Å². The van der Waals surface area contributed by atoms with Gasteiger partial charge in [0.05, 0.1) is 13.0 Å². The topological polar surface area (TPSA) is 184 Å². The Kier molecular flexibility index (Phi) is 31.6. The number of carbonyl (C=O) groups excluding carboxylic acids is 3. The SMILES string of the molecule is CCCCCCCCCCC[C@H](CC(=O)N[C@H]1C(O)O[C@H](CO[Si](C)(C)C(C)(C)C)[C@@H](OS(=O)(=O)O)[C@@H]1OC(=O)CCCCCCCCCc1ccccc1)OC(=O)CCCCCCCCCc1ccccc1. The molecule has 1 heterocycles. The van der Waals surface area contributed by atoms with Gasteiger partial charge in [-0.15, -0.1) is 0 Å². The summed E-state index contributed by atoms with van der Waals surface area (Å²) in [5.74, 6) is -1.69. The van der Waals surface area contributed by atoms with Crippen molar-refractivity contribution in [1.29, 1.82) is 0 Å². The zero-order chi connectivity index (χ0) is 53.4. The lowest BCUT2D eigenvalue weighted by Crippen LogP contribution is -2.66. The predicted molar refractivity (Wildman–Crippen MR) is 293 cm³/mol. The van der Waals surface area contributed by atoms with E-state index in [1.807, 2.05) is 46.0 Å². The number of carbonyl (C=O) groups is 3. The Hall–Kier alpha value is -3.18. The quantitative estimate of drug-likeness (QED) is 0.0249. The Bertz CT molecular complexity index is 1900. The van der Waals surface area contributed by atoms with Crippen LogP contribution in [0.1, 0.15) is 212 Å². The first-order valence-electron chi connectivity index (χ1n) is 28.3. The lowest BCUT2D eigenvalue weighted by molar-refractivity contribution is -0.253. The number of hydrogen-bond acceptors (Lipinski definition) is 11. The van der Waals surface area contributed by atoms with Crippen LogP contribution < -0.4 is 5.32 Å². The summed E-state index contributed by atoms with van der Waals surface area (Å²) < 4.78 is 64.4. The molecular formula is C58H97NO12SSi. The molecular weight excluding hydrogens is 963 g/mol. The Balaban J connectivity index is 1.66. The molecule has 0 spiro atoms. The molecule has 0 aromatic heterocycles. The first-order chi connectivity index (χ1) is 34.9. The summed E-state index contributed by atoms with van der Waals surface area (Å²) in [7, 11) is -7.66. The zero-order valence-electron chi connectivity index (χ0n) is 45.8. The summed E-state index contributed by atoms with van der Waals surface area (Å²) >= 11 is 0. The van der Waals surface area contributed by atoms with Crippen molar-refractivity contribution in [1.82, 2.24) is 5.32 Å². The maximum atomic E-state index is 14.0. The van der Waals surface area contributed by atoms with Crippen molar-refractivity contribution in [3.8, 4) is 0 Å². The molecule has 1 aliphatic heterocycles. The van der Waals surface area contributed by atoms with E-state index in [2.05, 4.69) is 60.8 Å². The van der Waals surface area contributed by atoms with Crippen molar-refractivity contribution in [2.75, 3.05) is 6.61 Å². The fourth-order valence-electron chi connectivity index (χ4n) is 9.16. The molecule has 0 bridgehead atoms. The van der Waals surface area contributed by atoms with E-state index >= 15 is 0 Å². The van der Waals surface area contributed by atoms with E-state index in [1.54, 1.807) is 0 Å². The number of hydrogen-bond donors (Lipinski definition) is 3. The number of amides is 1. The van der Waals surface area contributed by atoms with Crippen LogP contribution in [0.3, 0.4) is 0 Å². The maximum absolute atomic E-state index is 14.0. The number of benzene rings is 2. The Labute approximate surface area is 442 Å². The highest BCUT2D eigenvalue weighted by Gasteiger charge is 2.52. The van der Waals surface area contributed by atoms with Crippen molar-refractivity contribution < 1.29 is 55.3 Å². The number of aryl methyl sites for hydroxylation is 2. The van der Waals surface area contributed by atoms with Gasteiger partial charge in [-0.3, -0.25) is 18.9 Å². The number of ether oxygens (including phenoxy) is 3. The van der Waals surface area contributed by atoms with E-state index in [0.717, 1.165) is 109 Å². The fraction of sp³-hybridized carbons (Fsp3) is 0.741. The highest BCUT2D eigenvalue weighted by molar-refractivity contribution is 7.80. The second-order valence-corrected chi connectivity index (χ2v) is 27.9. The van der Waals surface area contributed by atoms with Crippen LogP contribution in [0.15, 0.2) is 60.7 Å². The molecule has 416 valence electrons. The van der Waals surface area contributed by atoms with Gasteiger partial charge in [0.1, 0.15) is 24.4 Å². The second kappa shape index (κ2) is 36.0. The summed E-state index contributed by atoms with van der Waals surface area (Å²) in [6, 6.07) is 19.4. The lowest BCUT2D eigenvalue weighted by atomic mass is 9.96. The highest BCUT2D eigenvalue weighted by atomic mass is 32.3. The first kappa shape index (κ1) is 64.1. The minimum atomic E-state index is -5.18. The van der Waals surface area contributed by atoms with Gasteiger partial charge in [0.2, 0.25) is 5.91 Å². The van der Waals surface area contributed by atoms with Gasteiger partial charge in [0.15, 0.2) is 20.7 Å². The summed E-state index contributed by atoms with van der Waals surface area (Å²) in [5, 5.41) is 14.0. The van der Waals surface area contributed by atoms with Crippen LogP contribution in [-0.4, -0.2) is 87.6 Å². The van der Waals surface area contributed by atoms with Crippen molar-refractivity contribution in [3.63, 3.8) is 0 Å². The van der Waals surface area contributed by atoms with Crippen LogP contribution >= 0.6 is 0 Å². The number of unbranched alkanes of at least 4 members (excludes halogenated alkanes) is 20. The van der Waals surface area contributed by atoms with Crippen LogP contribution in [0.5, 0.6) is 0 Å². The molecule has 1 aliphatic rings. The van der Waals surface area contributed by atoms with E-state index < -0.39 is 67.3 Å². The minimum Gasteiger partial charge on any atom is -0.462 e. The maximum Gasteiger partial charge on any atom is 0.397 e. The third kappa shape index (κ3) is 28.5. The number of aliphatic hydroxyl groups is 1. The molecule has 2 aromatic carbocycles. The molecule has 2 aromatic rings. The lowest BCUT2D eigenvalue weighted by Gasteiger charge is -2.45. The molecule has 1 saturated heterocycles. The Morgan fingerprint density at radius 1 is 0.658 bits per heavy atom. The average molecular weight is 1060 g/mol. The van der Waals surface area contributed by atoms with E-state index in [-0.39, 0.29) is 36.9 Å². The molecule has 3 N–H and O–H groups in total. The third-order valence-electron chi connectivity index (χ3n) is 14.6. The van der Waals surface area contributed by atoms with Crippen molar-refractivity contribution in [3.05, 3.63) is 71.8 Å². The monoisotopic (exact) mass is 1060 g/mol. The Morgan fingerprint density at radius 3 is 1.59 bits per heavy atom. The average Bonchev–Trinajstić information content (AvgIpc) is 3.33. The molecule has 6 atom stereocenters. The molecule has 1 unspecified atom stereocenters. The number of esters is 2. The molecule has 0 aliphatic carbocycles. The summed E-state index contributed by atoms with van der Waals surface area (Å²) in [5.41, 5.74) is 2.70. The second-order valence-electron chi connectivity index (χ2n) is 22.0. The fourth-order valence-corrected chi connectivity index (χ4v) is 10.7. The van der Waals surface area contributed by atoms with E-state index in [1.165, 1.54) is 49.7 Å². The van der Waals surface area contributed by atoms with Crippen LogP contribution in [-0.2, 0) is 60.4 Å². The molecule has 1 amide bonds. The molecule has 0 saturated carbocycles. The van der Waals surface area contributed by atoms with Crippen LogP contribution in [0.2, 0.25) is 18.1 Å². The van der Waals surface area contributed by atoms with Gasteiger partial charge in [0.25, 0.3) is 0 Å². The number of nitrogens with one attached hydrogen (secondary N) is 1. The highest BCUT2D eigenvalue weighted by Crippen LogP contribution is 2.38. The Morgan fingerprint density at radius 2 is 1.11 bits per heavy atom. The normalized spacial score (nSPS) is 18.8. The van der Waals surface area contributed by atoms with E-state index in [9.17, 15) is 32.5 Å². The standard InChI is InChI=1S/C58H97NO12SSi/c1-7-8-9-10-11-12-17-22-33-42-49(68-52(61)43-34-23-18-13-15-20-27-36-47-38-29-25-30-39-47)45-51(60)59-54-56(70-53(62)44-35-24-19-14-16-21-28-37-48-40-31-26-32-41-48)55(71-72(64,65)66)50(69-57(54)63)46-67-73(5,6)58(2,3)4/h25-26,29-32,38-41,49-50,54-57,63H,7-24,27-28,33-37,42-46H2,1-6H3,(H,59,60)(H,64,65,66)/t49-,50-,54-,55-,56-,57?/m1/s1. The number of rotatable bonds is 40. The summed E-state index contributed by atoms with van der Waals surface area (Å²) in [6.45, 7) is 12.0. The number of aliphatic hydroxyl groups excluding tert-OH is 1. The minimum absolute atomic E-state index is 0.00260. The zero-order valence-corrected chi connectivity index (χ0v) is 47.7. The predicted octanol–water partition coefficient (Wildman–Crippen LogP) is 13.3. The van der Waals surface area contributed by atoms with E-state index in [4.69, 9.17) is 22.8 Å². The smallest absolute Gasteiger partial charge is 0.397 e. The molecule has 3 rings (SSSR count). The van der Waals surface area contributed by atoms with Gasteiger partial charge >= 0.3 is 22.3 Å². The van der Waals surface area contributed by atoms with Gasteiger partial charge in [0, 0.05) is 12.8 Å². The van der Waals surface area contributed by atoms with Crippen LogP contribution in [0.25, 0.3) is 0 Å². The molecule has 73 heavy (non-hydrogen) atoms. The van der Waals surface area contributed by atoms with Crippen molar-refractivity contribution >= 4 is 36.6 Å². The van der Waals surface area contributed by atoms with Crippen molar-refractivity contribution in [2.45, 2.75) is 269 Å². The van der Waals surface area contributed by atoms with Gasteiger partial charge in [-0.25, -0.2) is 4.18 Å².